The summed E-state index contributed by atoms with van der Waals surface area (Å²) in [7, 11) is 1.69. The van der Waals surface area contributed by atoms with Gasteiger partial charge in [-0.1, -0.05) is 319 Å². The molecule has 9 aromatic carbocycles. The van der Waals surface area contributed by atoms with Crippen LogP contribution in [0, 0.1) is 0 Å². The van der Waals surface area contributed by atoms with Gasteiger partial charge in [-0.2, -0.15) is 0 Å². The van der Waals surface area contributed by atoms with Crippen LogP contribution in [0.4, 0.5) is 0 Å². The normalized spacial score (nSPS) is 11.9. The van der Waals surface area contributed by atoms with Gasteiger partial charge in [0.15, 0.2) is 0 Å². The first-order valence-corrected chi connectivity index (χ1v) is 30.5. The van der Waals surface area contributed by atoms with Gasteiger partial charge in [-0.3, -0.25) is 0 Å². The molecule has 0 nitrogen and oxygen atoms in total. The maximum Gasteiger partial charge on any atom is 0.0722 e. The number of benzene rings is 9. The molecule has 3 unspecified atom stereocenters. The molecule has 0 heterocycles. The zero-order chi connectivity index (χ0) is 43.6. The van der Waals surface area contributed by atoms with E-state index in [4.69, 9.17) is 0 Å². The number of hydrogen-bond donors (Lipinski definition) is 0. The second kappa shape index (κ2) is 23.6. The van der Waals surface area contributed by atoms with Gasteiger partial charge in [0.1, 0.15) is 0 Å². The summed E-state index contributed by atoms with van der Waals surface area (Å²) in [6.45, 7) is 0. The third kappa shape index (κ3) is 10.5. The molecular formula is C57H48Br3P3. The molecule has 63 heavy (non-hydrogen) atoms. The van der Waals surface area contributed by atoms with Crippen LogP contribution in [0.5, 0.6) is 0 Å². The van der Waals surface area contributed by atoms with Crippen LogP contribution < -0.4 is 0 Å². The maximum absolute atomic E-state index is 3.81. The fourth-order valence-corrected chi connectivity index (χ4v) is 16.8. The molecule has 0 spiro atoms. The molecular weight excluding hydrogens is 1020 g/mol. The van der Waals surface area contributed by atoms with Crippen LogP contribution in [-0.4, -0.2) is 0 Å². The Bertz CT molecular complexity index is 2050. The van der Waals surface area contributed by atoms with E-state index >= 15 is 0 Å². The van der Waals surface area contributed by atoms with E-state index in [0.29, 0.717) is 21.8 Å². The molecule has 0 aliphatic heterocycles. The molecule has 312 valence electrons. The largest absolute Gasteiger partial charge is 0.0722 e. The van der Waals surface area contributed by atoms with Gasteiger partial charge in [0.25, 0.3) is 0 Å². The fourth-order valence-electron chi connectivity index (χ4n) is 8.18. The maximum atomic E-state index is 3.81. The van der Waals surface area contributed by atoms with Crippen molar-refractivity contribution in [3.63, 3.8) is 0 Å². The molecule has 9 aromatic rings. The predicted molar refractivity (Wildman–Crippen MR) is 289 cm³/mol. The quantitative estimate of drug-likeness (QED) is 0.0845. The minimum atomic E-state index is -0.135. The lowest BCUT2D eigenvalue weighted by molar-refractivity contribution is 0.895. The van der Waals surface area contributed by atoms with E-state index < -0.39 is 0 Å². The zero-order valence-electron chi connectivity index (χ0n) is 34.6. The van der Waals surface area contributed by atoms with Gasteiger partial charge in [-0.25, -0.2) is 0 Å². The van der Waals surface area contributed by atoms with E-state index in [2.05, 4.69) is 319 Å². The van der Waals surface area contributed by atoms with Gasteiger partial charge in [-0.05, 0) is 71.9 Å². The number of rotatable bonds is 12. The van der Waals surface area contributed by atoms with Crippen LogP contribution in [0.25, 0.3) is 0 Å². The van der Waals surface area contributed by atoms with Crippen molar-refractivity contribution in [2.75, 3.05) is 0 Å². The summed E-state index contributed by atoms with van der Waals surface area (Å²) in [5.74, 6) is 0. The molecule has 6 heteroatoms. The Balaban J connectivity index is 0.000000142. The second-order valence-electron chi connectivity index (χ2n) is 14.8. The Hall–Kier alpha value is -4.29. The average Bonchev–Trinajstić information content (AvgIpc) is 3.39. The smallest absolute Gasteiger partial charge is 0.0625 e. The Morgan fingerprint density at radius 1 is 0.175 bits per heavy atom. The van der Waals surface area contributed by atoms with Gasteiger partial charge < -0.3 is 0 Å². The minimum absolute atomic E-state index is 0.135. The summed E-state index contributed by atoms with van der Waals surface area (Å²) in [6, 6.07) is 96.6. The molecule has 0 N–H and O–H groups in total. The van der Waals surface area contributed by atoms with E-state index in [-0.39, 0.29) is 15.5 Å². The summed E-state index contributed by atoms with van der Waals surface area (Å²) < 4.78 is 0. The van der Waals surface area contributed by atoms with E-state index in [1.54, 1.807) is 0 Å². The lowest BCUT2D eigenvalue weighted by Gasteiger charge is -2.34. The van der Waals surface area contributed by atoms with Crippen molar-refractivity contribution in [1.82, 2.24) is 0 Å². The highest BCUT2D eigenvalue weighted by Crippen LogP contribution is 2.57. The monoisotopic (exact) mass is 1060 g/mol. The standard InChI is InChI=1S/3C19H16BrP/c3*20-21-19(16-10-4-1-5-11-16,17-12-6-2-7-13-17)18-14-8-3-9-15-18/h3*1-15,21H. The van der Waals surface area contributed by atoms with Crippen molar-refractivity contribution in [1.29, 1.82) is 0 Å². The first-order valence-electron chi connectivity index (χ1n) is 20.8. The van der Waals surface area contributed by atoms with Crippen molar-refractivity contribution in [2.45, 2.75) is 15.5 Å². The highest BCUT2D eigenvalue weighted by molar-refractivity contribution is 9.37. The van der Waals surface area contributed by atoms with Crippen LogP contribution in [0.1, 0.15) is 50.1 Å². The van der Waals surface area contributed by atoms with Crippen LogP contribution in [0.3, 0.4) is 0 Å². The summed E-state index contributed by atoms with van der Waals surface area (Å²) in [4.78, 5) is 0. The minimum Gasteiger partial charge on any atom is -0.0625 e. The summed E-state index contributed by atoms with van der Waals surface area (Å²) in [6.07, 6.45) is 0. The Kier molecular flexibility index (Phi) is 17.5. The van der Waals surface area contributed by atoms with E-state index in [9.17, 15) is 0 Å². The molecule has 0 bridgehead atoms. The summed E-state index contributed by atoms with van der Waals surface area (Å²) in [5.41, 5.74) is 11.9. The van der Waals surface area contributed by atoms with Crippen molar-refractivity contribution in [2.24, 2.45) is 0 Å². The van der Waals surface area contributed by atoms with Gasteiger partial charge in [0.05, 0.1) is 15.5 Å². The van der Waals surface area contributed by atoms with Crippen LogP contribution in [0.15, 0.2) is 273 Å². The van der Waals surface area contributed by atoms with Gasteiger partial charge in [-0.15, -0.1) is 0 Å². The molecule has 0 saturated heterocycles. The average molecular weight is 1070 g/mol. The fraction of sp³-hybridized carbons (Fsp3) is 0.0526. The molecule has 9 rings (SSSR count). The Labute approximate surface area is 403 Å². The number of halogens is 3. The van der Waals surface area contributed by atoms with Crippen molar-refractivity contribution >= 4 is 68.3 Å². The molecule has 0 saturated carbocycles. The summed E-state index contributed by atoms with van der Waals surface area (Å²) >= 11 is 11.4. The third-order valence-corrected chi connectivity index (χ3v) is 20.1. The van der Waals surface area contributed by atoms with E-state index in [0.717, 1.165) is 0 Å². The van der Waals surface area contributed by atoms with Crippen LogP contribution >= 0.6 is 68.3 Å². The predicted octanol–water partition coefficient (Wildman–Crippen LogP) is 17.9. The van der Waals surface area contributed by atoms with Crippen LogP contribution in [0.2, 0.25) is 0 Å². The van der Waals surface area contributed by atoms with Gasteiger partial charge in [0.2, 0.25) is 0 Å². The molecule has 0 aliphatic rings. The zero-order valence-corrected chi connectivity index (χ0v) is 42.4. The molecule has 0 aliphatic carbocycles. The SMILES string of the molecule is BrPC(c1ccccc1)(c1ccccc1)c1ccccc1.BrPC(c1ccccc1)(c1ccccc1)c1ccccc1.BrPC(c1ccccc1)(c1ccccc1)c1ccccc1. The van der Waals surface area contributed by atoms with Gasteiger partial charge >= 0.3 is 0 Å². The Morgan fingerprint density at radius 2 is 0.270 bits per heavy atom. The van der Waals surface area contributed by atoms with Crippen molar-refractivity contribution < 1.29 is 0 Å². The summed E-state index contributed by atoms with van der Waals surface area (Å²) in [5, 5.41) is -0.405. The highest BCUT2D eigenvalue weighted by atomic mass is 79.9. The highest BCUT2D eigenvalue weighted by Gasteiger charge is 2.37. The first-order chi connectivity index (χ1) is 31.1. The molecule has 0 fully saturated rings. The van der Waals surface area contributed by atoms with E-state index in [1.807, 2.05) is 0 Å². The number of hydrogen-bond acceptors (Lipinski definition) is 0. The molecule has 3 atom stereocenters. The topological polar surface area (TPSA) is 0 Å². The molecule has 0 aromatic heterocycles. The second-order valence-corrected chi connectivity index (χ2v) is 21.2. The van der Waals surface area contributed by atoms with E-state index in [1.165, 1.54) is 50.1 Å². The Morgan fingerprint density at radius 3 is 0.349 bits per heavy atom. The first kappa shape index (κ1) is 46.7. The lowest BCUT2D eigenvalue weighted by atomic mass is 9.84. The van der Waals surface area contributed by atoms with Crippen LogP contribution in [-0.2, 0) is 15.5 Å². The van der Waals surface area contributed by atoms with Gasteiger partial charge in [0, 0.05) is 0 Å². The lowest BCUT2D eigenvalue weighted by Crippen LogP contribution is -2.22. The van der Waals surface area contributed by atoms with Crippen molar-refractivity contribution in [3.05, 3.63) is 323 Å². The third-order valence-electron chi connectivity index (χ3n) is 11.3. The molecule has 0 radical (unpaired) electrons. The van der Waals surface area contributed by atoms with Crippen molar-refractivity contribution in [3.8, 4) is 0 Å². The molecule has 0 amide bonds.